The lowest BCUT2D eigenvalue weighted by molar-refractivity contribution is -0.143. The van der Waals surface area contributed by atoms with E-state index < -0.39 is 5.82 Å². The Morgan fingerprint density at radius 3 is 2.71 bits per heavy atom. The summed E-state index contributed by atoms with van der Waals surface area (Å²) in [6.07, 6.45) is 0.868. The van der Waals surface area contributed by atoms with Gasteiger partial charge < -0.3 is 14.8 Å². The van der Waals surface area contributed by atoms with Gasteiger partial charge in [-0.1, -0.05) is 6.07 Å². The molecule has 1 rings (SSSR count). The lowest BCUT2D eigenvalue weighted by atomic mass is 10.1. The van der Waals surface area contributed by atoms with Crippen molar-refractivity contribution in [3.63, 3.8) is 0 Å². The Balaban J connectivity index is 2.30. The summed E-state index contributed by atoms with van der Waals surface area (Å²) in [6.45, 7) is 2.48. The van der Waals surface area contributed by atoms with Crippen LogP contribution < -0.4 is 10.1 Å². The average molecular weight is 297 g/mol. The molecule has 116 valence electrons. The molecular weight excluding hydrogens is 277 g/mol. The molecule has 0 saturated heterocycles. The zero-order chi connectivity index (χ0) is 15.7. The van der Waals surface area contributed by atoms with E-state index in [4.69, 9.17) is 9.47 Å². The summed E-state index contributed by atoms with van der Waals surface area (Å²) in [5.41, 5.74) is 0.566. The van der Waals surface area contributed by atoms with Crippen molar-refractivity contribution in [3.8, 4) is 5.75 Å². The Morgan fingerprint density at radius 1 is 1.33 bits per heavy atom. The maximum absolute atomic E-state index is 13.5. The lowest BCUT2D eigenvalue weighted by Gasteiger charge is -2.07. The third-order valence-corrected chi connectivity index (χ3v) is 2.77. The van der Waals surface area contributed by atoms with Crippen LogP contribution in [0.15, 0.2) is 18.2 Å². The van der Waals surface area contributed by atoms with Crippen LogP contribution in [0.2, 0.25) is 0 Å². The monoisotopic (exact) mass is 297 g/mol. The van der Waals surface area contributed by atoms with Crippen LogP contribution in [0.3, 0.4) is 0 Å². The highest BCUT2D eigenvalue weighted by molar-refractivity contribution is 5.78. The Kier molecular flexibility index (Phi) is 7.21. The number of nitrogens with one attached hydrogen (secondary N) is 1. The standard InChI is InChI=1S/C15H20FNO4/c1-3-21-15(19)5-4-8-17-14(18)10-11-6-7-13(20-2)12(16)9-11/h6-7,9H,3-5,8,10H2,1-2H3,(H,17,18). The van der Waals surface area contributed by atoms with Crippen LogP contribution in [0.1, 0.15) is 25.3 Å². The van der Waals surface area contributed by atoms with Gasteiger partial charge in [0.1, 0.15) is 0 Å². The van der Waals surface area contributed by atoms with Gasteiger partial charge in [0.25, 0.3) is 0 Å². The van der Waals surface area contributed by atoms with Crippen molar-refractivity contribution in [1.82, 2.24) is 5.32 Å². The van der Waals surface area contributed by atoms with Crippen LogP contribution >= 0.6 is 0 Å². The molecule has 0 fully saturated rings. The molecule has 0 aliphatic carbocycles. The smallest absolute Gasteiger partial charge is 0.305 e. The van der Waals surface area contributed by atoms with Crippen molar-refractivity contribution in [2.24, 2.45) is 0 Å². The summed E-state index contributed by atoms with van der Waals surface area (Å²) in [5.74, 6) is -0.842. The maximum atomic E-state index is 13.5. The lowest BCUT2D eigenvalue weighted by Crippen LogP contribution is -2.26. The SMILES string of the molecule is CCOC(=O)CCCNC(=O)Cc1ccc(OC)c(F)c1. The van der Waals surface area contributed by atoms with Crippen LogP contribution in [-0.4, -0.2) is 32.1 Å². The molecule has 0 aromatic heterocycles. The predicted octanol–water partition coefficient (Wildman–Crippen LogP) is 1.84. The molecule has 1 aromatic carbocycles. The molecule has 1 N–H and O–H groups in total. The molecule has 0 heterocycles. The third kappa shape index (κ3) is 6.25. The first-order chi connectivity index (χ1) is 10.1. The van der Waals surface area contributed by atoms with Gasteiger partial charge >= 0.3 is 5.97 Å². The highest BCUT2D eigenvalue weighted by Crippen LogP contribution is 2.17. The third-order valence-electron chi connectivity index (χ3n) is 2.77. The van der Waals surface area contributed by atoms with Crippen molar-refractivity contribution in [2.75, 3.05) is 20.3 Å². The minimum atomic E-state index is -0.495. The van der Waals surface area contributed by atoms with Gasteiger partial charge in [0, 0.05) is 13.0 Å². The minimum absolute atomic E-state index is 0.0837. The molecular formula is C15H20FNO4. The first kappa shape index (κ1) is 16.9. The molecule has 5 nitrogen and oxygen atoms in total. The molecule has 0 spiro atoms. The summed E-state index contributed by atoms with van der Waals surface area (Å²) >= 11 is 0. The van der Waals surface area contributed by atoms with E-state index in [9.17, 15) is 14.0 Å². The molecule has 0 radical (unpaired) electrons. The maximum Gasteiger partial charge on any atom is 0.305 e. The molecule has 1 amide bonds. The molecule has 1 aromatic rings. The van der Waals surface area contributed by atoms with E-state index in [-0.39, 0.29) is 30.5 Å². The van der Waals surface area contributed by atoms with Crippen LogP contribution in [0.5, 0.6) is 5.75 Å². The summed E-state index contributed by atoms with van der Waals surface area (Å²) < 4.78 is 23.0. The van der Waals surface area contributed by atoms with Gasteiger partial charge in [0.2, 0.25) is 5.91 Å². The molecule has 0 unspecified atom stereocenters. The first-order valence-corrected chi connectivity index (χ1v) is 6.81. The number of halogens is 1. The summed E-state index contributed by atoms with van der Waals surface area (Å²) in [6, 6.07) is 4.40. The van der Waals surface area contributed by atoms with E-state index in [1.165, 1.54) is 19.2 Å². The average Bonchev–Trinajstić information content (AvgIpc) is 2.44. The van der Waals surface area contributed by atoms with Crippen molar-refractivity contribution < 1.29 is 23.5 Å². The van der Waals surface area contributed by atoms with Gasteiger partial charge in [-0.3, -0.25) is 9.59 Å². The number of hydrogen-bond donors (Lipinski definition) is 1. The Labute approximate surface area is 123 Å². The second-order valence-corrected chi connectivity index (χ2v) is 4.40. The number of carbonyl (C=O) groups excluding carboxylic acids is 2. The number of carbonyl (C=O) groups is 2. The van der Waals surface area contributed by atoms with Crippen LogP contribution in [0.25, 0.3) is 0 Å². The van der Waals surface area contributed by atoms with Gasteiger partial charge in [0.15, 0.2) is 11.6 Å². The van der Waals surface area contributed by atoms with Crippen LogP contribution in [0.4, 0.5) is 4.39 Å². The Morgan fingerprint density at radius 2 is 2.10 bits per heavy atom. The molecule has 0 saturated carbocycles. The summed E-state index contributed by atoms with van der Waals surface area (Å²) in [4.78, 5) is 22.8. The number of ether oxygens (including phenoxy) is 2. The zero-order valence-corrected chi connectivity index (χ0v) is 12.3. The normalized spacial score (nSPS) is 10.0. The summed E-state index contributed by atoms with van der Waals surface area (Å²) in [7, 11) is 1.38. The highest BCUT2D eigenvalue weighted by Gasteiger charge is 2.08. The number of methoxy groups -OCH3 is 1. The van der Waals surface area contributed by atoms with E-state index in [1.807, 2.05) is 0 Å². The van der Waals surface area contributed by atoms with Gasteiger partial charge in [-0.15, -0.1) is 0 Å². The Hall–Kier alpha value is -2.11. The van der Waals surface area contributed by atoms with Gasteiger partial charge in [-0.2, -0.15) is 0 Å². The number of amides is 1. The molecule has 0 aliphatic rings. The van der Waals surface area contributed by atoms with E-state index >= 15 is 0 Å². The molecule has 21 heavy (non-hydrogen) atoms. The van der Waals surface area contributed by atoms with Crippen molar-refractivity contribution >= 4 is 11.9 Å². The fraction of sp³-hybridized carbons (Fsp3) is 0.467. The van der Waals surface area contributed by atoms with E-state index in [0.29, 0.717) is 25.1 Å². The fourth-order valence-electron chi connectivity index (χ4n) is 1.76. The molecule has 0 bridgehead atoms. The molecule has 6 heteroatoms. The largest absolute Gasteiger partial charge is 0.494 e. The van der Waals surface area contributed by atoms with Crippen molar-refractivity contribution in [2.45, 2.75) is 26.2 Å². The number of rotatable bonds is 8. The number of esters is 1. The second-order valence-electron chi connectivity index (χ2n) is 4.40. The fourth-order valence-corrected chi connectivity index (χ4v) is 1.76. The molecule has 0 atom stereocenters. The van der Waals surface area contributed by atoms with Crippen LogP contribution in [-0.2, 0) is 20.7 Å². The number of hydrogen-bond acceptors (Lipinski definition) is 4. The van der Waals surface area contributed by atoms with E-state index in [1.54, 1.807) is 13.0 Å². The zero-order valence-electron chi connectivity index (χ0n) is 12.3. The minimum Gasteiger partial charge on any atom is -0.494 e. The summed E-state index contributed by atoms with van der Waals surface area (Å²) in [5, 5.41) is 2.68. The van der Waals surface area contributed by atoms with E-state index in [2.05, 4.69) is 5.32 Å². The quantitative estimate of drug-likeness (QED) is 0.587. The number of benzene rings is 1. The first-order valence-electron chi connectivity index (χ1n) is 6.81. The van der Waals surface area contributed by atoms with Gasteiger partial charge in [0.05, 0.1) is 20.1 Å². The topological polar surface area (TPSA) is 64.6 Å². The second kappa shape index (κ2) is 8.94. The van der Waals surface area contributed by atoms with Gasteiger partial charge in [-0.05, 0) is 31.0 Å². The molecule has 0 aliphatic heterocycles. The predicted molar refractivity (Wildman–Crippen MR) is 75.5 cm³/mol. The highest BCUT2D eigenvalue weighted by atomic mass is 19.1. The Bertz CT molecular complexity index is 491. The van der Waals surface area contributed by atoms with E-state index in [0.717, 1.165) is 0 Å². The van der Waals surface area contributed by atoms with Crippen LogP contribution in [0, 0.1) is 5.82 Å². The van der Waals surface area contributed by atoms with Crippen molar-refractivity contribution in [3.05, 3.63) is 29.6 Å². The van der Waals surface area contributed by atoms with Crippen molar-refractivity contribution in [1.29, 1.82) is 0 Å². The van der Waals surface area contributed by atoms with Gasteiger partial charge in [-0.25, -0.2) is 4.39 Å².